The minimum absolute atomic E-state index is 0.817. The van der Waals surface area contributed by atoms with Gasteiger partial charge in [0.2, 0.25) is 0 Å². The lowest BCUT2D eigenvalue weighted by Gasteiger charge is -2.27. The van der Waals surface area contributed by atoms with Gasteiger partial charge in [0.05, 0.1) is 13.2 Å². The molecule has 1 aromatic rings. The number of hydrazine groups is 1. The summed E-state index contributed by atoms with van der Waals surface area (Å²) >= 11 is 6.97. The topological polar surface area (TPSA) is 24.5 Å². The van der Waals surface area contributed by atoms with Crippen molar-refractivity contribution in [2.45, 2.75) is 6.54 Å². The van der Waals surface area contributed by atoms with Crippen LogP contribution in [-0.4, -0.2) is 31.3 Å². The van der Waals surface area contributed by atoms with E-state index >= 15 is 0 Å². The van der Waals surface area contributed by atoms with Gasteiger partial charge in [0.15, 0.2) is 0 Å². The van der Waals surface area contributed by atoms with Crippen LogP contribution in [0.4, 0.5) is 0 Å². The molecule has 1 N–H and O–H groups in total. The molecule has 5 heteroatoms. The van der Waals surface area contributed by atoms with Gasteiger partial charge >= 0.3 is 0 Å². The van der Waals surface area contributed by atoms with E-state index in [1.807, 2.05) is 0 Å². The van der Waals surface area contributed by atoms with Gasteiger partial charge in [0, 0.05) is 28.6 Å². The van der Waals surface area contributed by atoms with E-state index in [-0.39, 0.29) is 0 Å². The molecule has 1 heterocycles. The molecule has 0 saturated carbocycles. The molecule has 1 aliphatic heterocycles. The Balaban J connectivity index is 1.86. The number of nitrogens with one attached hydrogen (secondary N) is 1. The van der Waals surface area contributed by atoms with E-state index in [4.69, 9.17) is 4.74 Å². The maximum Gasteiger partial charge on any atom is 0.0608 e. The summed E-state index contributed by atoms with van der Waals surface area (Å²) in [5.74, 6) is 0. The molecular weight excluding hydrogens is 336 g/mol. The van der Waals surface area contributed by atoms with Crippen molar-refractivity contribution in [1.29, 1.82) is 0 Å². The predicted octanol–water partition coefficient (Wildman–Crippen LogP) is 2.55. The van der Waals surface area contributed by atoms with Gasteiger partial charge in [-0.3, -0.25) is 5.43 Å². The SMILES string of the molecule is Brc1ccc(CNN2CCOCC2)cc1Br. The molecular formula is C11H14Br2N2O. The minimum Gasteiger partial charge on any atom is -0.379 e. The third kappa shape index (κ3) is 3.53. The molecule has 1 aromatic carbocycles. The van der Waals surface area contributed by atoms with E-state index in [1.54, 1.807) is 0 Å². The third-order valence-electron chi connectivity index (χ3n) is 2.50. The summed E-state index contributed by atoms with van der Waals surface area (Å²) in [4.78, 5) is 0. The van der Waals surface area contributed by atoms with Crippen molar-refractivity contribution in [3.8, 4) is 0 Å². The summed E-state index contributed by atoms with van der Waals surface area (Å²) in [6.45, 7) is 4.40. The highest BCUT2D eigenvalue weighted by Crippen LogP contribution is 2.23. The smallest absolute Gasteiger partial charge is 0.0608 e. The maximum atomic E-state index is 5.29. The molecule has 88 valence electrons. The minimum atomic E-state index is 0.817. The van der Waals surface area contributed by atoms with E-state index < -0.39 is 0 Å². The average Bonchev–Trinajstić information content (AvgIpc) is 2.32. The van der Waals surface area contributed by atoms with Crippen LogP contribution in [0, 0.1) is 0 Å². The lowest BCUT2D eigenvalue weighted by Crippen LogP contribution is -2.45. The Labute approximate surface area is 112 Å². The van der Waals surface area contributed by atoms with E-state index in [0.29, 0.717) is 0 Å². The number of nitrogens with zero attached hydrogens (tertiary/aromatic N) is 1. The summed E-state index contributed by atoms with van der Waals surface area (Å²) in [6, 6.07) is 6.29. The van der Waals surface area contributed by atoms with Crippen LogP contribution in [0.3, 0.4) is 0 Å². The largest absolute Gasteiger partial charge is 0.379 e. The van der Waals surface area contributed by atoms with E-state index in [2.05, 4.69) is 60.5 Å². The first-order valence-electron chi connectivity index (χ1n) is 5.26. The number of hydrogen-bond donors (Lipinski definition) is 1. The quantitative estimate of drug-likeness (QED) is 0.907. The van der Waals surface area contributed by atoms with Gasteiger partial charge in [0.25, 0.3) is 0 Å². The normalized spacial score (nSPS) is 17.6. The van der Waals surface area contributed by atoms with Crippen LogP contribution in [0.25, 0.3) is 0 Å². The Morgan fingerprint density at radius 2 is 1.94 bits per heavy atom. The molecule has 3 nitrogen and oxygen atoms in total. The van der Waals surface area contributed by atoms with Crippen LogP contribution in [0.5, 0.6) is 0 Å². The molecule has 0 radical (unpaired) electrons. The standard InChI is InChI=1S/C11H14Br2N2O/c12-10-2-1-9(7-11(10)13)8-14-15-3-5-16-6-4-15/h1-2,7,14H,3-6,8H2. The van der Waals surface area contributed by atoms with Gasteiger partial charge in [-0.2, -0.15) is 0 Å². The Kier molecular flexibility index (Phi) is 4.79. The zero-order valence-corrected chi connectivity index (χ0v) is 12.1. The van der Waals surface area contributed by atoms with Gasteiger partial charge in [-0.25, -0.2) is 5.01 Å². The number of rotatable bonds is 3. The summed E-state index contributed by atoms with van der Waals surface area (Å²) in [6.07, 6.45) is 0. The van der Waals surface area contributed by atoms with Crippen LogP contribution < -0.4 is 5.43 Å². The van der Waals surface area contributed by atoms with E-state index in [9.17, 15) is 0 Å². The number of halogens is 2. The first kappa shape index (κ1) is 12.5. The molecule has 1 saturated heterocycles. The zero-order valence-electron chi connectivity index (χ0n) is 8.88. The van der Waals surface area contributed by atoms with Crippen molar-refractivity contribution in [3.05, 3.63) is 32.7 Å². The fourth-order valence-electron chi connectivity index (χ4n) is 1.57. The second kappa shape index (κ2) is 6.12. The molecule has 0 bridgehead atoms. The van der Waals surface area contributed by atoms with Gasteiger partial charge in [0.1, 0.15) is 0 Å². The van der Waals surface area contributed by atoms with Gasteiger partial charge in [-0.1, -0.05) is 6.07 Å². The molecule has 0 atom stereocenters. The molecule has 2 rings (SSSR count). The maximum absolute atomic E-state index is 5.29. The van der Waals surface area contributed by atoms with Crippen molar-refractivity contribution in [2.75, 3.05) is 26.3 Å². The molecule has 0 amide bonds. The van der Waals surface area contributed by atoms with Crippen LogP contribution in [0.2, 0.25) is 0 Å². The molecule has 0 unspecified atom stereocenters. The summed E-state index contributed by atoms with van der Waals surface area (Å²) in [5, 5.41) is 2.21. The molecule has 16 heavy (non-hydrogen) atoms. The highest BCUT2D eigenvalue weighted by molar-refractivity contribution is 9.13. The van der Waals surface area contributed by atoms with Crippen LogP contribution in [-0.2, 0) is 11.3 Å². The van der Waals surface area contributed by atoms with Crippen molar-refractivity contribution in [1.82, 2.24) is 10.4 Å². The molecule has 0 aromatic heterocycles. The Bertz CT molecular complexity index is 354. The molecule has 0 aliphatic carbocycles. The van der Waals surface area contributed by atoms with E-state index in [1.165, 1.54) is 5.56 Å². The zero-order chi connectivity index (χ0) is 11.4. The number of hydrogen-bond acceptors (Lipinski definition) is 3. The van der Waals surface area contributed by atoms with Crippen molar-refractivity contribution in [2.24, 2.45) is 0 Å². The van der Waals surface area contributed by atoms with Crippen LogP contribution >= 0.6 is 31.9 Å². The number of morpholine rings is 1. The second-order valence-electron chi connectivity index (χ2n) is 3.68. The summed E-state index contributed by atoms with van der Waals surface area (Å²) in [5.41, 5.74) is 4.67. The van der Waals surface area contributed by atoms with Gasteiger partial charge < -0.3 is 4.74 Å². The first-order valence-corrected chi connectivity index (χ1v) is 6.84. The monoisotopic (exact) mass is 348 g/mol. The summed E-state index contributed by atoms with van der Waals surface area (Å²) in [7, 11) is 0. The van der Waals surface area contributed by atoms with Crippen molar-refractivity contribution in [3.63, 3.8) is 0 Å². The average molecular weight is 350 g/mol. The fourth-order valence-corrected chi connectivity index (χ4v) is 2.25. The highest BCUT2D eigenvalue weighted by Gasteiger charge is 2.09. The van der Waals surface area contributed by atoms with Gasteiger partial charge in [-0.15, -0.1) is 0 Å². The van der Waals surface area contributed by atoms with E-state index in [0.717, 1.165) is 41.8 Å². The lowest BCUT2D eigenvalue weighted by atomic mass is 10.2. The second-order valence-corrected chi connectivity index (χ2v) is 5.39. The predicted molar refractivity (Wildman–Crippen MR) is 71.1 cm³/mol. The number of ether oxygens (including phenoxy) is 1. The van der Waals surface area contributed by atoms with Crippen molar-refractivity contribution >= 4 is 31.9 Å². The third-order valence-corrected chi connectivity index (χ3v) is 4.38. The molecule has 0 spiro atoms. The van der Waals surface area contributed by atoms with Crippen LogP contribution in [0.1, 0.15) is 5.56 Å². The Hall–Kier alpha value is 0.0600. The Morgan fingerprint density at radius 1 is 1.19 bits per heavy atom. The first-order chi connectivity index (χ1) is 7.75. The highest BCUT2D eigenvalue weighted by atomic mass is 79.9. The summed E-state index contributed by atoms with van der Waals surface area (Å²) < 4.78 is 7.47. The molecule has 1 fully saturated rings. The molecule has 1 aliphatic rings. The van der Waals surface area contributed by atoms with Crippen molar-refractivity contribution < 1.29 is 4.74 Å². The Morgan fingerprint density at radius 3 is 2.62 bits per heavy atom. The van der Waals surface area contributed by atoms with Gasteiger partial charge in [-0.05, 0) is 49.6 Å². The fraction of sp³-hybridized carbons (Fsp3) is 0.455. The lowest BCUT2D eigenvalue weighted by molar-refractivity contribution is 0.0106. The number of benzene rings is 1. The van der Waals surface area contributed by atoms with Crippen LogP contribution in [0.15, 0.2) is 27.1 Å².